The van der Waals surface area contributed by atoms with E-state index in [0.29, 0.717) is 0 Å². The molecule has 0 aliphatic carbocycles. The Morgan fingerprint density at radius 3 is 2.28 bits per heavy atom. The molecule has 0 aliphatic heterocycles. The molecule has 7 heteroatoms. The van der Waals surface area contributed by atoms with E-state index < -0.39 is 9.85 Å². The fourth-order valence-electron chi connectivity index (χ4n) is 1.82. The van der Waals surface area contributed by atoms with Crippen LogP contribution in [0, 0.1) is 20.2 Å². The van der Waals surface area contributed by atoms with Crippen LogP contribution >= 0.6 is 0 Å². The molecule has 7 nitrogen and oxygen atoms in total. The van der Waals surface area contributed by atoms with Crippen molar-refractivity contribution >= 4 is 22.1 Å². The molecule has 0 aromatic heterocycles. The Balaban J connectivity index is 2.90. The molecule has 0 N–H and O–H groups in total. The van der Waals surface area contributed by atoms with Gasteiger partial charge in [-0.3, -0.25) is 20.2 Å². The van der Waals surface area contributed by atoms with E-state index in [1.807, 2.05) is 0 Å². The van der Waals surface area contributed by atoms with Gasteiger partial charge < -0.3 is 4.74 Å². The van der Waals surface area contributed by atoms with Crippen LogP contribution in [0.25, 0.3) is 10.8 Å². The Bertz CT molecular complexity index is 653. The summed E-state index contributed by atoms with van der Waals surface area (Å²) in [6.45, 7) is 0. The lowest BCUT2D eigenvalue weighted by Crippen LogP contribution is -1.96. The lowest BCUT2D eigenvalue weighted by atomic mass is 10.1. The molecular formula is C11H8N2O5. The van der Waals surface area contributed by atoms with Gasteiger partial charge in [0.25, 0.3) is 5.69 Å². The Morgan fingerprint density at radius 1 is 1.00 bits per heavy atom. The summed E-state index contributed by atoms with van der Waals surface area (Å²) < 4.78 is 4.90. The third-order valence-electron chi connectivity index (χ3n) is 2.57. The first-order valence-electron chi connectivity index (χ1n) is 4.94. The lowest BCUT2D eigenvalue weighted by molar-refractivity contribution is -0.385. The van der Waals surface area contributed by atoms with Crippen molar-refractivity contribution in [2.24, 2.45) is 0 Å². The quantitative estimate of drug-likeness (QED) is 0.614. The summed E-state index contributed by atoms with van der Waals surface area (Å²) in [7, 11) is 1.31. The second kappa shape index (κ2) is 4.28. The number of fused-ring (bicyclic) bond motifs is 1. The van der Waals surface area contributed by atoms with Gasteiger partial charge in [0.2, 0.25) is 0 Å². The zero-order valence-corrected chi connectivity index (χ0v) is 9.32. The third kappa shape index (κ3) is 1.71. The van der Waals surface area contributed by atoms with Crippen molar-refractivity contribution < 1.29 is 14.6 Å². The largest absolute Gasteiger partial charge is 0.490 e. The summed E-state index contributed by atoms with van der Waals surface area (Å²) in [5, 5.41) is 22.3. The highest BCUT2D eigenvalue weighted by molar-refractivity contribution is 5.99. The van der Waals surface area contributed by atoms with E-state index in [-0.39, 0.29) is 27.9 Å². The average molecular weight is 248 g/mol. The van der Waals surface area contributed by atoms with Gasteiger partial charge in [-0.2, -0.15) is 0 Å². The van der Waals surface area contributed by atoms with Crippen LogP contribution in [0.2, 0.25) is 0 Å². The molecule has 2 aromatic carbocycles. The van der Waals surface area contributed by atoms with E-state index >= 15 is 0 Å². The summed E-state index contributed by atoms with van der Waals surface area (Å²) in [5.41, 5.74) is -0.433. The topological polar surface area (TPSA) is 95.5 Å². The van der Waals surface area contributed by atoms with Crippen LogP contribution in [0.1, 0.15) is 0 Å². The zero-order chi connectivity index (χ0) is 13.3. The van der Waals surface area contributed by atoms with Gasteiger partial charge in [-0.05, 0) is 18.2 Å². The summed E-state index contributed by atoms with van der Waals surface area (Å²) >= 11 is 0. The summed E-state index contributed by atoms with van der Waals surface area (Å²) in [6.07, 6.45) is 0. The van der Waals surface area contributed by atoms with Crippen molar-refractivity contribution in [3.8, 4) is 5.75 Å². The van der Waals surface area contributed by atoms with Gasteiger partial charge in [0.05, 0.1) is 27.7 Å². The second-order valence-electron chi connectivity index (χ2n) is 3.50. The van der Waals surface area contributed by atoms with Gasteiger partial charge in [-0.15, -0.1) is 0 Å². The number of nitro benzene ring substituents is 2. The first-order valence-corrected chi connectivity index (χ1v) is 4.94. The van der Waals surface area contributed by atoms with E-state index in [9.17, 15) is 20.2 Å². The number of benzene rings is 2. The number of rotatable bonds is 3. The summed E-state index contributed by atoms with van der Waals surface area (Å²) in [5.74, 6) is 0.0768. The van der Waals surface area contributed by atoms with Crippen molar-refractivity contribution in [3.05, 3.63) is 50.6 Å². The average Bonchev–Trinajstić information content (AvgIpc) is 2.35. The van der Waals surface area contributed by atoms with E-state index in [1.165, 1.54) is 37.4 Å². The standard InChI is InChI=1S/C11H8N2O5/c1-18-10-6-5-7-8(11(10)13(16)17)3-2-4-9(7)12(14)15/h2-6H,1H3. The molecule has 2 aromatic rings. The van der Waals surface area contributed by atoms with Crippen LogP contribution in [-0.2, 0) is 0 Å². The molecule has 0 fully saturated rings. The number of ether oxygens (including phenoxy) is 1. The maximum atomic E-state index is 11.0. The first kappa shape index (κ1) is 11.8. The fourth-order valence-corrected chi connectivity index (χ4v) is 1.82. The van der Waals surface area contributed by atoms with E-state index in [4.69, 9.17) is 4.74 Å². The minimum absolute atomic E-state index is 0.0768. The number of hydrogen-bond donors (Lipinski definition) is 0. The predicted molar refractivity (Wildman–Crippen MR) is 63.8 cm³/mol. The fraction of sp³-hybridized carbons (Fsp3) is 0.0909. The monoisotopic (exact) mass is 248 g/mol. The number of nitro groups is 2. The lowest BCUT2D eigenvalue weighted by Gasteiger charge is -2.05. The molecule has 0 unspecified atom stereocenters. The van der Waals surface area contributed by atoms with Crippen molar-refractivity contribution in [2.75, 3.05) is 7.11 Å². The Hall–Kier alpha value is -2.70. The van der Waals surface area contributed by atoms with Crippen LogP contribution in [0.15, 0.2) is 30.3 Å². The van der Waals surface area contributed by atoms with Crippen molar-refractivity contribution in [1.29, 1.82) is 0 Å². The van der Waals surface area contributed by atoms with E-state index in [2.05, 4.69) is 0 Å². The number of non-ortho nitro benzene ring substituents is 1. The summed E-state index contributed by atoms with van der Waals surface area (Å²) in [6, 6.07) is 6.97. The second-order valence-corrected chi connectivity index (χ2v) is 3.50. The minimum Gasteiger partial charge on any atom is -0.490 e. The van der Waals surface area contributed by atoms with Crippen LogP contribution in [0.4, 0.5) is 11.4 Å². The predicted octanol–water partition coefficient (Wildman–Crippen LogP) is 2.66. The molecule has 92 valence electrons. The van der Waals surface area contributed by atoms with Gasteiger partial charge in [-0.25, -0.2) is 0 Å². The molecule has 0 bridgehead atoms. The molecule has 0 saturated carbocycles. The van der Waals surface area contributed by atoms with Crippen LogP contribution in [-0.4, -0.2) is 17.0 Å². The van der Waals surface area contributed by atoms with Gasteiger partial charge in [0, 0.05) is 6.07 Å². The molecule has 0 heterocycles. The SMILES string of the molecule is COc1ccc2c([N+](=O)[O-])cccc2c1[N+](=O)[O-]. The zero-order valence-electron chi connectivity index (χ0n) is 9.32. The highest BCUT2D eigenvalue weighted by Gasteiger charge is 2.23. The minimum atomic E-state index is -0.606. The van der Waals surface area contributed by atoms with Crippen molar-refractivity contribution in [2.45, 2.75) is 0 Å². The molecule has 0 amide bonds. The molecule has 0 atom stereocenters. The maximum absolute atomic E-state index is 11.0. The van der Waals surface area contributed by atoms with Gasteiger partial charge in [0.1, 0.15) is 0 Å². The molecule has 2 rings (SSSR count). The van der Waals surface area contributed by atoms with Crippen LogP contribution in [0.5, 0.6) is 5.75 Å². The van der Waals surface area contributed by atoms with Crippen molar-refractivity contribution in [1.82, 2.24) is 0 Å². The molecular weight excluding hydrogens is 240 g/mol. The number of hydrogen-bond acceptors (Lipinski definition) is 5. The smallest absolute Gasteiger partial charge is 0.318 e. The number of nitrogens with zero attached hydrogens (tertiary/aromatic N) is 2. The molecule has 0 aliphatic rings. The van der Waals surface area contributed by atoms with Crippen molar-refractivity contribution in [3.63, 3.8) is 0 Å². The van der Waals surface area contributed by atoms with Crippen LogP contribution < -0.4 is 4.74 Å². The molecule has 0 radical (unpaired) electrons. The van der Waals surface area contributed by atoms with E-state index in [1.54, 1.807) is 0 Å². The van der Waals surface area contributed by atoms with Gasteiger partial charge in [0.15, 0.2) is 5.75 Å². The Morgan fingerprint density at radius 2 is 1.72 bits per heavy atom. The maximum Gasteiger partial charge on any atom is 0.318 e. The third-order valence-corrected chi connectivity index (χ3v) is 2.57. The highest BCUT2D eigenvalue weighted by Crippen LogP contribution is 2.38. The molecule has 18 heavy (non-hydrogen) atoms. The first-order chi connectivity index (χ1) is 8.56. The highest BCUT2D eigenvalue weighted by atomic mass is 16.6. The number of methoxy groups -OCH3 is 1. The molecule has 0 spiro atoms. The van der Waals surface area contributed by atoms with Crippen LogP contribution in [0.3, 0.4) is 0 Å². The van der Waals surface area contributed by atoms with E-state index in [0.717, 1.165) is 0 Å². The van der Waals surface area contributed by atoms with Gasteiger partial charge in [-0.1, -0.05) is 6.07 Å². The Kier molecular flexibility index (Phi) is 2.80. The normalized spacial score (nSPS) is 10.3. The Labute approximate surface area is 101 Å². The molecule has 0 saturated heterocycles. The summed E-state index contributed by atoms with van der Waals surface area (Å²) in [4.78, 5) is 20.7. The van der Waals surface area contributed by atoms with Gasteiger partial charge >= 0.3 is 5.69 Å².